The molecule has 1 aliphatic heterocycles. The van der Waals surface area contributed by atoms with E-state index in [0.717, 1.165) is 19.3 Å². The van der Waals surface area contributed by atoms with Crippen molar-refractivity contribution in [2.75, 3.05) is 19.8 Å². The van der Waals surface area contributed by atoms with Gasteiger partial charge in [-0.15, -0.1) is 0 Å². The number of aliphatic hydroxyl groups excluding tert-OH is 3. The van der Waals surface area contributed by atoms with Gasteiger partial charge < -0.3 is 24.8 Å². The molecule has 4 atom stereocenters. The molecule has 29 heavy (non-hydrogen) atoms. The number of ether oxygens (including phenoxy) is 2. The predicted molar refractivity (Wildman–Crippen MR) is 118 cm³/mol. The second-order valence-electron chi connectivity index (χ2n) is 8.39. The second kappa shape index (κ2) is 18.3. The van der Waals surface area contributed by atoms with Gasteiger partial charge in [0.1, 0.15) is 24.4 Å². The van der Waals surface area contributed by atoms with Crippen molar-refractivity contribution in [2.45, 2.75) is 121 Å². The minimum atomic E-state index is -1.06. The SMILES string of the molecule is CCCCCCCCCCCCC/C=C/CCCO[C@@H]1CO[C@H]([C@@H](O)CO)[C@@H]1O. The highest BCUT2D eigenvalue weighted by Gasteiger charge is 2.40. The average molecular weight is 415 g/mol. The molecule has 1 saturated heterocycles. The number of allylic oxidation sites excluding steroid dienone is 2. The number of rotatable bonds is 19. The predicted octanol–water partition coefficient (Wildman–Crippen LogP) is 4.52. The van der Waals surface area contributed by atoms with Crippen molar-refractivity contribution in [3.63, 3.8) is 0 Å². The van der Waals surface area contributed by atoms with Gasteiger partial charge in [0.05, 0.1) is 13.2 Å². The van der Waals surface area contributed by atoms with Crippen LogP contribution in [-0.2, 0) is 9.47 Å². The van der Waals surface area contributed by atoms with Crippen molar-refractivity contribution in [2.24, 2.45) is 0 Å². The third-order valence-electron chi connectivity index (χ3n) is 5.72. The lowest BCUT2D eigenvalue weighted by Gasteiger charge is -2.20. The van der Waals surface area contributed by atoms with Gasteiger partial charge in [0, 0.05) is 6.61 Å². The molecule has 5 nitrogen and oxygen atoms in total. The van der Waals surface area contributed by atoms with Crippen LogP contribution in [0.1, 0.15) is 96.8 Å². The minimum Gasteiger partial charge on any atom is -0.394 e. The normalized spacial score (nSPS) is 23.2. The summed E-state index contributed by atoms with van der Waals surface area (Å²) in [5, 5.41) is 28.6. The molecule has 3 N–H and O–H groups in total. The Morgan fingerprint density at radius 1 is 0.897 bits per heavy atom. The Hall–Kier alpha value is -0.460. The Kier molecular flexibility index (Phi) is 16.8. The standard InChI is InChI=1S/C24H46O5/c1-2-3-4-5-6-7-8-9-10-11-12-13-14-15-16-17-18-28-22-20-29-24(23(22)27)21(26)19-25/h14-15,21-27H,2-13,16-20H2,1H3/b15-14+/t21-,22+,23+,24+/m0/s1. The van der Waals surface area contributed by atoms with Gasteiger partial charge in [0.15, 0.2) is 0 Å². The van der Waals surface area contributed by atoms with E-state index in [0.29, 0.717) is 6.61 Å². The van der Waals surface area contributed by atoms with Crippen LogP contribution in [0, 0.1) is 0 Å². The highest BCUT2D eigenvalue weighted by Crippen LogP contribution is 2.20. The summed E-state index contributed by atoms with van der Waals surface area (Å²) in [7, 11) is 0. The van der Waals surface area contributed by atoms with E-state index < -0.39 is 31.0 Å². The second-order valence-corrected chi connectivity index (χ2v) is 8.39. The van der Waals surface area contributed by atoms with Crippen molar-refractivity contribution >= 4 is 0 Å². The summed E-state index contributed by atoms with van der Waals surface area (Å²) in [6, 6.07) is 0. The van der Waals surface area contributed by atoms with Gasteiger partial charge in [-0.25, -0.2) is 0 Å². The fourth-order valence-electron chi connectivity index (χ4n) is 3.80. The highest BCUT2D eigenvalue weighted by atomic mass is 16.6. The number of hydrogen-bond acceptors (Lipinski definition) is 5. The molecule has 1 aliphatic rings. The Bertz CT molecular complexity index is 387. The van der Waals surface area contributed by atoms with Gasteiger partial charge >= 0.3 is 0 Å². The van der Waals surface area contributed by atoms with Crippen molar-refractivity contribution in [3.8, 4) is 0 Å². The summed E-state index contributed by atoms with van der Waals surface area (Å²) < 4.78 is 11.0. The molecule has 172 valence electrons. The fraction of sp³-hybridized carbons (Fsp3) is 0.917. The van der Waals surface area contributed by atoms with E-state index in [9.17, 15) is 10.2 Å². The molecule has 0 aliphatic carbocycles. The third kappa shape index (κ3) is 12.7. The Morgan fingerprint density at radius 3 is 2.03 bits per heavy atom. The van der Waals surface area contributed by atoms with Crippen LogP contribution in [0.3, 0.4) is 0 Å². The lowest BCUT2D eigenvalue weighted by Crippen LogP contribution is -2.41. The van der Waals surface area contributed by atoms with E-state index in [-0.39, 0.29) is 6.61 Å². The molecule has 0 spiro atoms. The average Bonchev–Trinajstić information content (AvgIpc) is 3.10. The molecule has 1 rings (SSSR count). The molecular formula is C24H46O5. The molecule has 0 amide bonds. The van der Waals surface area contributed by atoms with Crippen LogP contribution in [0.5, 0.6) is 0 Å². The Balaban J connectivity index is 1.84. The number of hydrogen-bond donors (Lipinski definition) is 3. The molecule has 0 aromatic rings. The molecule has 0 bridgehead atoms. The molecule has 0 aromatic heterocycles. The van der Waals surface area contributed by atoms with Crippen molar-refractivity contribution in [1.82, 2.24) is 0 Å². The van der Waals surface area contributed by atoms with E-state index in [4.69, 9.17) is 14.6 Å². The zero-order valence-corrected chi connectivity index (χ0v) is 18.6. The van der Waals surface area contributed by atoms with E-state index in [1.165, 1.54) is 70.6 Å². The summed E-state index contributed by atoms with van der Waals surface area (Å²) in [6.45, 7) is 2.68. The van der Waals surface area contributed by atoms with Crippen LogP contribution < -0.4 is 0 Å². The summed E-state index contributed by atoms with van der Waals surface area (Å²) in [4.78, 5) is 0. The van der Waals surface area contributed by atoms with Crippen LogP contribution >= 0.6 is 0 Å². The van der Waals surface area contributed by atoms with E-state index in [1.807, 2.05) is 0 Å². The molecule has 1 heterocycles. The van der Waals surface area contributed by atoms with Gasteiger partial charge in [0.2, 0.25) is 0 Å². The van der Waals surface area contributed by atoms with Crippen LogP contribution in [0.4, 0.5) is 0 Å². The van der Waals surface area contributed by atoms with Gasteiger partial charge in [-0.05, 0) is 25.7 Å². The minimum absolute atomic E-state index is 0.261. The molecule has 5 heteroatoms. The van der Waals surface area contributed by atoms with E-state index in [1.54, 1.807) is 0 Å². The van der Waals surface area contributed by atoms with Crippen molar-refractivity contribution in [1.29, 1.82) is 0 Å². The lowest BCUT2D eigenvalue weighted by molar-refractivity contribution is -0.0729. The lowest BCUT2D eigenvalue weighted by atomic mass is 10.1. The first-order valence-electron chi connectivity index (χ1n) is 12.1. The first kappa shape index (κ1) is 26.6. The van der Waals surface area contributed by atoms with Crippen LogP contribution in [0.15, 0.2) is 12.2 Å². The summed E-state index contributed by atoms with van der Waals surface area (Å²) in [5.74, 6) is 0. The van der Waals surface area contributed by atoms with Gasteiger partial charge in [-0.2, -0.15) is 0 Å². The molecule has 0 unspecified atom stereocenters. The zero-order valence-electron chi connectivity index (χ0n) is 18.6. The van der Waals surface area contributed by atoms with Gasteiger partial charge in [-0.1, -0.05) is 83.3 Å². The van der Waals surface area contributed by atoms with Gasteiger partial charge in [0.25, 0.3) is 0 Å². The van der Waals surface area contributed by atoms with Crippen molar-refractivity contribution < 1.29 is 24.8 Å². The smallest absolute Gasteiger partial charge is 0.114 e. The Labute approximate surface area is 178 Å². The zero-order chi connectivity index (χ0) is 21.2. The quantitative estimate of drug-likeness (QED) is 0.214. The maximum Gasteiger partial charge on any atom is 0.114 e. The fourth-order valence-corrected chi connectivity index (χ4v) is 3.80. The molecule has 0 radical (unpaired) electrons. The van der Waals surface area contributed by atoms with Crippen LogP contribution in [0.25, 0.3) is 0 Å². The van der Waals surface area contributed by atoms with Crippen LogP contribution in [-0.4, -0.2) is 59.6 Å². The number of unbranched alkanes of at least 4 members (excludes halogenated alkanes) is 12. The number of aliphatic hydroxyl groups is 3. The van der Waals surface area contributed by atoms with Crippen molar-refractivity contribution in [3.05, 3.63) is 12.2 Å². The summed E-state index contributed by atoms with van der Waals surface area (Å²) in [6.07, 6.45) is 19.6. The maximum absolute atomic E-state index is 10.1. The third-order valence-corrected chi connectivity index (χ3v) is 5.72. The first-order chi connectivity index (χ1) is 14.2. The highest BCUT2D eigenvalue weighted by molar-refractivity contribution is 4.89. The summed E-state index contributed by atoms with van der Waals surface area (Å²) >= 11 is 0. The van der Waals surface area contributed by atoms with Crippen LogP contribution in [0.2, 0.25) is 0 Å². The maximum atomic E-state index is 10.1. The largest absolute Gasteiger partial charge is 0.394 e. The first-order valence-corrected chi connectivity index (χ1v) is 12.1. The van der Waals surface area contributed by atoms with E-state index >= 15 is 0 Å². The Morgan fingerprint density at radius 2 is 1.45 bits per heavy atom. The molecule has 1 fully saturated rings. The molecule has 0 saturated carbocycles. The van der Waals surface area contributed by atoms with Gasteiger partial charge in [-0.3, -0.25) is 0 Å². The summed E-state index contributed by atoms with van der Waals surface area (Å²) in [5.41, 5.74) is 0. The molecule has 0 aromatic carbocycles. The molecular weight excluding hydrogens is 368 g/mol. The van der Waals surface area contributed by atoms with E-state index in [2.05, 4.69) is 19.1 Å². The topological polar surface area (TPSA) is 79.2 Å². The monoisotopic (exact) mass is 414 g/mol.